The van der Waals surface area contributed by atoms with Crippen molar-refractivity contribution in [2.45, 2.75) is 13.8 Å². The second kappa shape index (κ2) is 8.59. The Morgan fingerprint density at radius 2 is 1.15 bits per heavy atom. The minimum absolute atomic E-state index is 0.623. The smallest absolute Gasteiger partial charge is 0.497 e. The van der Waals surface area contributed by atoms with Crippen LogP contribution in [0.15, 0.2) is 72.8 Å². The van der Waals surface area contributed by atoms with Crippen LogP contribution in [0, 0.1) is 13.8 Å². The molecule has 0 aliphatic heterocycles. The van der Waals surface area contributed by atoms with E-state index in [4.69, 9.17) is 18.3 Å². The van der Waals surface area contributed by atoms with E-state index < -0.39 is 8.60 Å². The summed E-state index contributed by atoms with van der Waals surface area (Å²) in [5, 5.41) is 0. The number of hydrogen-bond donors (Lipinski definition) is 0. The first-order valence-electron chi connectivity index (χ1n) is 8.25. The maximum Gasteiger partial charge on any atom is 0.530 e. The molecule has 3 rings (SSSR count). The maximum absolute atomic E-state index is 6.06. The molecule has 134 valence electrons. The summed E-state index contributed by atoms with van der Waals surface area (Å²) in [5.41, 5.74) is 2.03. The van der Waals surface area contributed by atoms with Crippen LogP contribution in [0.5, 0.6) is 23.0 Å². The van der Waals surface area contributed by atoms with Crippen LogP contribution < -0.4 is 18.3 Å². The van der Waals surface area contributed by atoms with E-state index in [9.17, 15) is 0 Å². The fraction of sp³-hybridized carbons (Fsp3) is 0.143. The van der Waals surface area contributed by atoms with Gasteiger partial charge in [0, 0.05) is 6.07 Å². The standard InChI is InChI=1S/C21H21O4P/c1-16-9-4-6-13-20(16)24-26(25-21-14-7-5-10-17(21)2)23-19-12-8-11-18(15-19)22-3/h4-15H,1-3H3. The van der Waals surface area contributed by atoms with Gasteiger partial charge in [-0.25, -0.2) is 0 Å². The van der Waals surface area contributed by atoms with Crippen molar-refractivity contribution in [3.8, 4) is 23.0 Å². The Bertz CT molecular complexity index is 818. The van der Waals surface area contributed by atoms with E-state index in [1.807, 2.05) is 80.6 Å². The van der Waals surface area contributed by atoms with Gasteiger partial charge in [-0.05, 0) is 49.2 Å². The van der Waals surface area contributed by atoms with Crippen LogP contribution in [0.1, 0.15) is 11.1 Å². The van der Waals surface area contributed by atoms with Crippen LogP contribution in [0.2, 0.25) is 0 Å². The molecule has 0 amide bonds. The molecule has 3 aromatic rings. The minimum atomic E-state index is -1.69. The van der Waals surface area contributed by atoms with E-state index in [-0.39, 0.29) is 0 Å². The van der Waals surface area contributed by atoms with Crippen LogP contribution in [0.25, 0.3) is 0 Å². The molecule has 0 atom stereocenters. The van der Waals surface area contributed by atoms with Gasteiger partial charge in [0.05, 0.1) is 7.11 Å². The Kier molecular flexibility index (Phi) is 5.98. The number of hydrogen-bond acceptors (Lipinski definition) is 4. The molecule has 0 aliphatic carbocycles. The van der Waals surface area contributed by atoms with E-state index in [2.05, 4.69) is 0 Å². The molecule has 4 nitrogen and oxygen atoms in total. The molecular formula is C21H21O4P. The third-order valence-corrected chi connectivity index (χ3v) is 4.81. The predicted molar refractivity (Wildman–Crippen MR) is 104 cm³/mol. The van der Waals surface area contributed by atoms with Crippen molar-refractivity contribution in [2.75, 3.05) is 7.11 Å². The molecule has 0 N–H and O–H groups in total. The van der Waals surface area contributed by atoms with Crippen molar-refractivity contribution >= 4 is 8.60 Å². The van der Waals surface area contributed by atoms with Crippen molar-refractivity contribution < 1.29 is 18.3 Å². The van der Waals surface area contributed by atoms with Crippen LogP contribution in [-0.4, -0.2) is 7.11 Å². The lowest BCUT2D eigenvalue weighted by atomic mass is 10.2. The van der Waals surface area contributed by atoms with E-state index >= 15 is 0 Å². The molecular weight excluding hydrogens is 347 g/mol. The zero-order chi connectivity index (χ0) is 18.4. The summed E-state index contributed by atoms with van der Waals surface area (Å²) in [6.07, 6.45) is 0. The second-order valence-corrected chi connectivity index (χ2v) is 6.70. The van der Waals surface area contributed by atoms with Gasteiger partial charge in [-0.15, -0.1) is 0 Å². The van der Waals surface area contributed by atoms with Crippen LogP contribution in [0.3, 0.4) is 0 Å². The molecule has 0 unspecified atom stereocenters. The molecule has 0 radical (unpaired) electrons. The summed E-state index contributed by atoms with van der Waals surface area (Å²) < 4.78 is 23.4. The number of aryl methyl sites for hydroxylation is 2. The van der Waals surface area contributed by atoms with Gasteiger partial charge in [0.15, 0.2) is 0 Å². The van der Waals surface area contributed by atoms with Gasteiger partial charge in [-0.1, -0.05) is 42.5 Å². The number of benzene rings is 3. The fourth-order valence-electron chi connectivity index (χ4n) is 2.28. The van der Waals surface area contributed by atoms with Crippen LogP contribution in [-0.2, 0) is 0 Å². The summed E-state index contributed by atoms with van der Waals surface area (Å²) in [4.78, 5) is 0. The lowest BCUT2D eigenvalue weighted by molar-refractivity contribution is 0.381. The molecule has 0 bridgehead atoms. The molecule has 0 fully saturated rings. The molecule has 0 saturated carbocycles. The van der Waals surface area contributed by atoms with Crippen molar-refractivity contribution in [2.24, 2.45) is 0 Å². The maximum atomic E-state index is 6.06. The third kappa shape index (κ3) is 4.68. The Hall–Kier alpha value is -2.71. The fourth-order valence-corrected chi connectivity index (χ4v) is 3.41. The molecule has 3 aromatic carbocycles. The van der Waals surface area contributed by atoms with Crippen molar-refractivity contribution in [1.82, 2.24) is 0 Å². The number of methoxy groups -OCH3 is 1. The molecule has 0 saturated heterocycles. The zero-order valence-electron chi connectivity index (χ0n) is 15.0. The molecule has 0 heterocycles. The van der Waals surface area contributed by atoms with Crippen molar-refractivity contribution in [3.63, 3.8) is 0 Å². The monoisotopic (exact) mass is 368 g/mol. The summed E-state index contributed by atoms with van der Waals surface area (Å²) in [5.74, 6) is 2.80. The molecule has 26 heavy (non-hydrogen) atoms. The topological polar surface area (TPSA) is 36.9 Å². The van der Waals surface area contributed by atoms with Crippen LogP contribution >= 0.6 is 8.60 Å². The summed E-state index contributed by atoms with van der Waals surface area (Å²) >= 11 is 0. The molecule has 0 aromatic heterocycles. The summed E-state index contributed by atoms with van der Waals surface area (Å²) in [7, 11) is -0.0742. The average molecular weight is 368 g/mol. The SMILES string of the molecule is COc1cccc(OP(Oc2ccccc2C)Oc2ccccc2C)c1. The highest BCUT2D eigenvalue weighted by atomic mass is 31.2. The Morgan fingerprint density at radius 1 is 0.615 bits per heavy atom. The van der Waals surface area contributed by atoms with Gasteiger partial charge in [-0.3, -0.25) is 0 Å². The quantitative estimate of drug-likeness (QED) is 0.474. The number of para-hydroxylation sites is 2. The predicted octanol–water partition coefficient (Wildman–Crippen LogP) is 6.08. The Morgan fingerprint density at radius 3 is 1.69 bits per heavy atom. The third-order valence-electron chi connectivity index (χ3n) is 3.75. The van der Waals surface area contributed by atoms with Gasteiger partial charge < -0.3 is 18.3 Å². The first-order valence-corrected chi connectivity index (χ1v) is 9.34. The van der Waals surface area contributed by atoms with Crippen molar-refractivity contribution in [3.05, 3.63) is 83.9 Å². The van der Waals surface area contributed by atoms with E-state index in [0.29, 0.717) is 11.5 Å². The van der Waals surface area contributed by atoms with Crippen molar-refractivity contribution in [1.29, 1.82) is 0 Å². The minimum Gasteiger partial charge on any atom is -0.497 e. The Balaban J connectivity index is 1.85. The first-order chi connectivity index (χ1) is 12.7. The highest BCUT2D eigenvalue weighted by molar-refractivity contribution is 7.43. The lowest BCUT2D eigenvalue weighted by Gasteiger charge is -2.20. The van der Waals surface area contributed by atoms with Gasteiger partial charge in [0.1, 0.15) is 23.0 Å². The largest absolute Gasteiger partial charge is 0.530 e. The summed E-state index contributed by atoms with van der Waals surface area (Å²) in [6, 6.07) is 22.9. The molecule has 0 spiro atoms. The zero-order valence-corrected chi connectivity index (χ0v) is 15.9. The van der Waals surface area contributed by atoms with E-state index in [1.54, 1.807) is 13.2 Å². The van der Waals surface area contributed by atoms with Gasteiger partial charge in [0.2, 0.25) is 0 Å². The normalized spacial score (nSPS) is 10.5. The van der Waals surface area contributed by atoms with Crippen LogP contribution in [0.4, 0.5) is 0 Å². The van der Waals surface area contributed by atoms with Gasteiger partial charge >= 0.3 is 8.60 Å². The number of rotatable bonds is 7. The van der Waals surface area contributed by atoms with E-state index in [1.165, 1.54) is 0 Å². The molecule has 0 aliphatic rings. The second-order valence-electron chi connectivity index (χ2n) is 5.71. The van der Waals surface area contributed by atoms with Gasteiger partial charge in [-0.2, -0.15) is 0 Å². The highest BCUT2D eigenvalue weighted by Gasteiger charge is 2.21. The Labute approximate surface area is 155 Å². The molecule has 5 heteroatoms. The summed E-state index contributed by atoms with van der Waals surface area (Å²) in [6.45, 7) is 3.98. The highest BCUT2D eigenvalue weighted by Crippen LogP contribution is 2.44. The first kappa shape index (κ1) is 18.1. The lowest BCUT2D eigenvalue weighted by Crippen LogP contribution is -2.04. The van der Waals surface area contributed by atoms with Gasteiger partial charge in [0.25, 0.3) is 0 Å². The average Bonchev–Trinajstić information content (AvgIpc) is 2.65. The number of ether oxygens (including phenoxy) is 1. The van der Waals surface area contributed by atoms with E-state index in [0.717, 1.165) is 22.6 Å².